The van der Waals surface area contributed by atoms with E-state index < -0.39 is 0 Å². The molecule has 0 bridgehead atoms. The predicted octanol–water partition coefficient (Wildman–Crippen LogP) is 3.69. The van der Waals surface area contributed by atoms with Crippen molar-refractivity contribution in [2.24, 2.45) is 0 Å². The molecule has 2 N–H and O–H groups in total. The molecule has 2 aromatic carbocycles. The van der Waals surface area contributed by atoms with E-state index in [1.165, 1.54) is 12.1 Å². The van der Waals surface area contributed by atoms with Gasteiger partial charge in [-0.15, -0.1) is 0 Å². The van der Waals surface area contributed by atoms with Crippen LogP contribution in [-0.4, -0.2) is 18.6 Å². The molecule has 0 spiro atoms. The van der Waals surface area contributed by atoms with Crippen LogP contribution < -0.4 is 10.6 Å². The van der Waals surface area contributed by atoms with Crippen LogP contribution in [0.2, 0.25) is 0 Å². The van der Waals surface area contributed by atoms with Gasteiger partial charge in [-0.1, -0.05) is 6.07 Å². The van der Waals surface area contributed by atoms with Gasteiger partial charge in [0.15, 0.2) is 0 Å². The third kappa shape index (κ3) is 3.62. The Balaban J connectivity index is 1.61. The normalized spacial score (nSPS) is 17.2. The standard InChI is InChI=1S/C17H17FN2O2/c18-12-3-1-4-15(11-12)19-13-6-8-14(9-7-13)20-17(21)16-5-2-10-22-16/h1,3-4,6-9,11,16,19H,2,5,10H2,(H,20,21). The minimum Gasteiger partial charge on any atom is -0.368 e. The van der Waals surface area contributed by atoms with Crippen LogP contribution in [0.15, 0.2) is 48.5 Å². The van der Waals surface area contributed by atoms with Gasteiger partial charge in [0.1, 0.15) is 11.9 Å². The Kier molecular flexibility index (Phi) is 4.34. The SMILES string of the molecule is O=C(Nc1ccc(Nc2cccc(F)c2)cc1)C1CCCO1. The average Bonchev–Trinajstić information content (AvgIpc) is 3.04. The highest BCUT2D eigenvalue weighted by atomic mass is 19.1. The van der Waals surface area contributed by atoms with E-state index in [-0.39, 0.29) is 17.8 Å². The molecule has 1 unspecified atom stereocenters. The van der Waals surface area contributed by atoms with E-state index in [2.05, 4.69) is 10.6 Å². The van der Waals surface area contributed by atoms with Gasteiger partial charge in [-0.25, -0.2) is 4.39 Å². The molecule has 0 aliphatic carbocycles. The Morgan fingerprint density at radius 2 is 1.86 bits per heavy atom. The monoisotopic (exact) mass is 300 g/mol. The summed E-state index contributed by atoms with van der Waals surface area (Å²) in [4.78, 5) is 11.9. The first-order valence-electron chi connectivity index (χ1n) is 7.26. The number of benzene rings is 2. The van der Waals surface area contributed by atoms with E-state index in [4.69, 9.17) is 4.74 Å². The highest BCUT2D eigenvalue weighted by Crippen LogP contribution is 2.20. The molecule has 1 aliphatic rings. The highest BCUT2D eigenvalue weighted by Gasteiger charge is 2.23. The smallest absolute Gasteiger partial charge is 0.253 e. The number of carbonyl (C=O) groups excluding carboxylic acids is 1. The molecular formula is C17H17FN2O2. The number of ether oxygens (including phenoxy) is 1. The van der Waals surface area contributed by atoms with Gasteiger partial charge < -0.3 is 15.4 Å². The fourth-order valence-corrected chi connectivity index (χ4v) is 2.38. The van der Waals surface area contributed by atoms with E-state index in [9.17, 15) is 9.18 Å². The zero-order valence-electron chi connectivity index (χ0n) is 12.0. The molecule has 4 nitrogen and oxygen atoms in total. The van der Waals surface area contributed by atoms with Crippen LogP contribution in [-0.2, 0) is 9.53 Å². The number of hydrogen-bond acceptors (Lipinski definition) is 3. The Morgan fingerprint density at radius 3 is 2.55 bits per heavy atom. The summed E-state index contributed by atoms with van der Waals surface area (Å²) in [5.41, 5.74) is 2.21. The number of nitrogens with one attached hydrogen (secondary N) is 2. The quantitative estimate of drug-likeness (QED) is 0.905. The van der Waals surface area contributed by atoms with Crippen molar-refractivity contribution in [2.45, 2.75) is 18.9 Å². The van der Waals surface area contributed by atoms with Gasteiger partial charge in [-0.3, -0.25) is 4.79 Å². The maximum Gasteiger partial charge on any atom is 0.253 e. The molecule has 1 amide bonds. The molecular weight excluding hydrogens is 283 g/mol. The third-order valence-electron chi connectivity index (χ3n) is 3.49. The molecule has 2 aromatic rings. The number of halogens is 1. The van der Waals surface area contributed by atoms with Crippen LogP contribution >= 0.6 is 0 Å². The predicted molar refractivity (Wildman–Crippen MR) is 83.7 cm³/mol. The number of carbonyl (C=O) groups is 1. The summed E-state index contributed by atoms with van der Waals surface area (Å²) in [7, 11) is 0. The van der Waals surface area contributed by atoms with Crippen molar-refractivity contribution in [1.29, 1.82) is 0 Å². The molecule has 5 heteroatoms. The zero-order chi connectivity index (χ0) is 15.4. The second-order valence-electron chi connectivity index (χ2n) is 5.20. The van der Waals surface area contributed by atoms with Crippen LogP contribution in [0.1, 0.15) is 12.8 Å². The number of rotatable bonds is 4. The van der Waals surface area contributed by atoms with Gasteiger partial charge in [-0.2, -0.15) is 0 Å². The van der Waals surface area contributed by atoms with Gasteiger partial charge in [0.05, 0.1) is 0 Å². The van der Waals surface area contributed by atoms with E-state index in [1.807, 2.05) is 12.1 Å². The van der Waals surface area contributed by atoms with Gasteiger partial charge in [0, 0.05) is 23.7 Å². The van der Waals surface area contributed by atoms with Gasteiger partial charge in [-0.05, 0) is 55.3 Å². The highest BCUT2D eigenvalue weighted by molar-refractivity contribution is 5.94. The molecule has 114 valence electrons. The lowest BCUT2D eigenvalue weighted by Gasteiger charge is -2.11. The van der Waals surface area contributed by atoms with E-state index in [1.54, 1.807) is 24.3 Å². The Bertz CT molecular complexity index is 652. The fraction of sp³-hybridized carbons (Fsp3) is 0.235. The van der Waals surface area contributed by atoms with E-state index in [0.29, 0.717) is 18.0 Å². The van der Waals surface area contributed by atoms with E-state index >= 15 is 0 Å². The minimum absolute atomic E-state index is 0.108. The lowest BCUT2D eigenvalue weighted by Crippen LogP contribution is -2.26. The Hall–Kier alpha value is -2.40. The molecule has 1 atom stereocenters. The van der Waals surface area contributed by atoms with Crippen LogP contribution in [0.4, 0.5) is 21.5 Å². The number of amides is 1. The molecule has 0 radical (unpaired) electrons. The van der Waals surface area contributed by atoms with Crippen molar-refractivity contribution in [1.82, 2.24) is 0 Å². The first kappa shape index (κ1) is 14.5. The second kappa shape index (κ2) is 6.58. The van der Waals surface area contributed by atoms with Crippen molar-refractivity contribution in [2.75, 3.05) is 17.2 Å². The van der Waals surface area contributed by atoms with Crippen molar-refractivity contribution < 1.29 is 13.9 Å². The molecule has 0 aromatic heterocycles. The second-order valence-corrected chi connectivity index (χ2v) is 5.20. The minimum atomic E-state index is -0.343. The summed E-state index contributed by atoms with van der Waals surface area (Å²) >= 11 is 0. The average molecular weight is 300 g/mol. The Morgan fingerprint density at radius 1 is 1.09 bits per heavy atom. The van der Waals surface area contributed by atoms with Crippen molar-refractivity contribution in [3.63, 3.8) is 0 Å². The van der Waals surface area contributed by atoms with E-state index in [0.717, 1.165) is 18.5 Å². The van der Waals surface area contributed by atoms with Crippen molar-refractivity contribution in [3.05, 3.63) is 54.3 Å². The number of hydrogen-bond donors (Lipinski definition) is 2. The molecule has 1 heterocycles. The maximum atomic E-state index is 13.1. The summed E-state index contributed by atoms with van der Waals surface area (Å²) in [6, 6.07) is 13.5. The van der Waals surface area contributed by atoms with Crippen LogP contribution in [0.3, 0.4) is 0 Å². The molecule has 3 rings (SSSR count). The van der Waals surface area contributed by atoms with Crippen LogP contribution in [0, 0.1) is 5.82 Å². The summed E-state index contributed by atoms with van der Waals surface area (Å²) < 4.78 is 18.5. The summed E-state index contributed by atoms with van der Waals surface area (Å²) in [5.74, 6) is -0.395. The Labute approximate surface area is 128 Å². The molecule has 1 fully saturated rings. The summed E-state index contributed by atoms with van der Waals surface area (Å²) in [6.07, 6.45) is 1.35. The van der Waals surface area contributed by atoms with Gasteiger partial charge >= 0.3 is 0 Å². The maximum absolute atomic E-state index is 13.1. The topological polar surface area (TPSA) is 50.4 Å². The van der Waals surface area contributed by atoms with Gasteiger partial charge in [0.25, 0.3) is 5.91 Å². The first-order valence-corrected chi connectivity index (χ1v) is 7.26. The lowest BCUT2D eigenvalue weighted by atomic mass is 10.2. The van der Waals surface area contributed by atoms with Gasteiger partial charge in [0.2, 0.25) is 0 Å². The van der Waals surface area contributed by atoms with Crippen molar-refractivity contribution in [3.8, 4) is 0 Å². The fourth-order valence-electron chi connectivity index (χ4n) is 2.38. The summed E-state index contributed by atoms with van der Waals surface area (Å²) in [5, 5.41) is 5.94. The van der Waals surface area contributed by atoms with Crippen molar-refractivity contribution >= 4 is 23.0 Å². The number of anilines is 3. The molecule has 22 heavy (non-hydrogen) atoms. The molecule has 1 saturated heterocycles. The summed E-state index contributed by atoms with van der Waals surface area (Å²) in [6.45, 7) is 0.647. The third-order valence-corrected chi connectivity index (χ3v) is 3.49. The first-order chi connectivity index (χ1) is 10.7. The molecule has 1 aliphatic heterocycles. The zero-order valence-corrected chi connectivity index (χ0v) is 12.0. The lowest BCUT2D eigenvalue weighted by molar-refractivity contribution is -0.124. The van der Waals surface area contributed by atoms with Crippen LogP contribution in [0.5, 0.6) is 0 Å². The van der Waals surface area contributed by atoms with Crippen LogP contribution in [0.25, 0.3) is 0 Å². The molecule has 0 saturated carbocycles. The largest absolute Gasteiger partial charge is 0.368 e.